The molecule has 5 heteroatoms. The van der Waals surface area contributed by atoms with Crippen LogP contribution in [0.2, 0.25) is 0 Å². The first-order valence-electron chi connectivity index (χ1n) is 6.01. The van der Waals surface area contributed by atoms with Gasteiger partial charge in [0.2, 0.25) is 0 Å². The molecule has 1 fully saturated rings. The van der Waals surface area contributed by atoms with E-state index < -0.39 is 17.5 Å². The molecule has 0 aromatic carbocycles. The van der Waals surface area contributed by atoms with Crippen LogP contribution < -0.4 is 0 Å². The van der Waals surface area contributed by atoms with Gasteiger partial charge in [-0.1, -0.05) is 13.8 Å². The molecule has 0 spiro atoms. The van der Waals surface area contributed by atoms with E-state index in [0.717, 1.165) is 0 Å². The van der Waals surface area contributed by atoms with E-state index in [2.05, 4.69) is 0 Å². The third-order valence-corrected chi connectivity index (χ3v) is 3.55. The number of hydrogen-bond donors (Lipinski definition) is 2. The van der Waals surface area contributed by atoms with Crippen LogP contribution in [0.1, 0.15) is 40.0 Å². The topological polar surface area (TPSA) is 77.8 Å². The molecule has 0 bridgehead atoms. The summed E-state index contributed by atoms with van der Waals surface area (Å²) in [5, 5.41) is 18.4. The summed E-state index contributed by atoms with van der Waals surface area (Å²) in [4.78, 5) is 23.7. The second-order valence-electron chi connectivity index (χ2n) is 5.46. The van der Waals surface area contributed by atoms with E-state index in [1.807, 2.05) is 13.8 Å². The van der Waals surface area contributed by atoms with E-state index in [-0.39, 0.29) is 6.04 Å². The highest BCUT2D eigenvalue weighted by atomic mass is 16.4. The number of carboxylic acids is 1. The van der Waals surface area contributed by atoms with Crippen LogP contribution in [0.4, 0.5) is 4.79 Å². The van der Waals surface area contributed by atoms with E-state index in [9.17, 15) is 14.7 Å². The molecule has 0 aromatic heterocycles. The lowest BCUT2D eigenvalue weighted by atomic mass is 9.70. The second-order valence-corrected chi connectivity index (χ2v) is 5.46. The lowest BCUT2D eigenvalue weighted by Gasteiger charge is -2.42. The predicted octanol–water partition coefficient (Wildman–Crippen LogP) is 2.27. The Morgan fingerprint density at radius 1 is 1.41 bits per heavy atom. The summed E-state index contributed by atoms with van der Waals surface area (Å²) < 4.78 is 0. The van der Waals surface area contributed by atoms with Gasteiger partial charge in [0.1, 0.15) is 0 Å². The summed E-state index contributed by atoms with van der Waals surface area (Å²) in [7, 11) is 0. The van der Waals surface area contributed by atoms with Gasteiger partial charge in [-0.2, -0.15) is 0 Å². The first kappa shape index (κ1) is 13.8. The van der Waals surface area contributed by atoms with Crippen molar-refractivity contribution in [2.24, 2.45) is 11.3 Å². The van der Waals surface area contributed by atoms with E-state index in [1.165, 1.54) is 4.90 Å². The fourth-order valence-corrected chi connectivity index (χ4v) is 2.87. The molecule has 0 aromatic rings. The Morgan fingerprint density at radius 3 is 2.35 bits per heavy atom. The molecule has 1 amide bonds. The minimum absolute atomic E-state index is 0.226. The summed E-state index contributed by atoms with van der Waals surface area (Å²) >= 11 is 0. The number of hydrogen-bond acceptors (Lipinski definition) is 2. The highest BCUT2D eigenvalue weighted by Crippen LogP contribution is 2.40. The maximum Gasteiger partial charge on any atom is 0.407 e. The minimum atomic E-state index is -0.957. The summed E-state index contributed by atoms with van der Waals surface area (Å²) in [6.07, 6.45) is 0.477. The van der Waals surface area contributed by atoms with Gasteiger partial charge in [-0.05, 0) is 32.1 Å². The molecule has 2 N–H and O–H groups in total. The monoisotopic (exact) mass is 243 g/mol. The average molecular weight is 243 g/mol. The third-order valence-electron chi connectivity index (χ3n) is 3.55. The smallest absolute Gasteiger partial charge is 0.407 e. The number of nitrogens with zero attached hydrogens (tertiary/aromatic N) is 1. The Bertz CT molecular complexity index is 316. The van der Waals surface area contributed by atoms with Gasteiger partial charge in [-0.15, -0.1) is 0 Å². The normalized spacial score (nSPS) is 29.4. The molecule has 98 valence electrons. The first-order valence-corrected chi connectivity index (χ1v) is 6.01. The highest BCUT2D eigenvalue weighted by Gasteiger charge is 2.45. The molecule has 5 nitrogen and oxygen atoms in total. The van der Waals surface area contributed by atoms with Gasteiger partial charge in [-0.25, -0.2) is 4.79 Å². The lowest BCUT2D eigenvalue weighted by molar-refractivity contribution is -0.154. The molecule has 1 aliphatic rings. The van der Waals surface area contributed by atoms with Gasteiger partial charge in [0, 0.05) is 12.6 Å². The zero-order chi connectivity index (χ0) is 13.2. The molecule has 17 heavy (non-hydrogen) atoms. The van der Waals surface area contributed by atoms with Crippen molar-refractivity contribution >= 4 is 12.1 Å². The van der Waals surface area contributed by atoms with Crippen LogP contribution in [-0.2, 0) is 4.79 Å². The summed E-state index contributed by atoms with van der Waals surface area (Å²) in [6.45, 7) is 6.10. The van der Waals surface area contributed by atoms with Crippen LogP contribution in [-0.4, -0.2) is 39.8 Å². The standard InChI is InChI=1S/C12H21NO4/c1-8(2)6-12(10(14)15)4-5-13(11(16)17)9(3)7-12/h8-9H,4-7H2,1-3H3,(H,14,15)(H,16,17). The maximum absolute atomic E-state index is 11.5. The second kappa shape index (κ2) is 4.94. The summed E-state index contributed by atoms with van der Waals surface area (Å²) in [5.41, 5.74) is -0.750. The largest absolute Gasteiger partial charge is 0.481 e. The van der Waals surface area contributed by atoms with Crippen molar-refractivity contribution in [2.45, 2.75) is 46.1 Å². The number of carbonyl (C=O) groups is 2. The minimum Gasteiger partial charge on any atom is -0.481 e. The van der Waals surface area contributed by atoms with Gasteiger partial charge >= 0.3 is 12.1 Å². The zero-order valence-electron chi connectivity index (χ0n) is 10.6. The molecule has 0 saturated carbocycles. The van der Waals surface area contributed by atoms with Crippen LogP contribution in [0.3, 0.4) is 0 Å². The van der Waals surface area contributed by atoms with Gasteiger partial charge in [0.05, 0.1) is 5.41 Å². The molecule has 0 radical (unpaired) electrons. The Balaban J connectivity index is 2.84. The zero-order valence-corrected chi connectivity index (χ0v) is 10.6. The molecule has 1 heterocycles. The van der Waals surface area contributed by atoms with Crippen molar-refractivity contribution in [1.82, 2.24) is 4.90 Å². The molecule has 2 atom stereocenters. The van der Waals surface area contributed by atoms with Crippen molar-refractivity contribution in [1.29, 1.82) is 0 Å². The molecule has 1 rings (SSSR count). The summed E-state index contributed by atoms with van der Waals surface area (Å²) in [6, 6.07) is -0.226. The molecular formula is C12H21NO4. The Kier molecular flexibility index (Phi) is 4.01. The van der Waals surface area contributed by atoms with Crippen LogP contribution in [0.25, 0.3) is 0 Å². The van der Waals surface area contributed by atoms with Gasteiger partial charge in [0.15, 0.2) is 0 Å². The van der Waals surface area contributed by atoms with Gasteiger partial charge in [-0.3, -0.25) is 4.79 Å². The average Bonchev–Trinajstić information content (AvgIpc) is 2.15. The highest BCUT2D eigenvalue weighted by molar-refractivity contribution is 5.75. The number of rotatable bonds is 3. The number of amides is 1. The van der Waals surface area contributed by atoms with E-state index >= 15 is 0 Å². The molecule has 0 aliphatic carbocycles. The number of piperidine rings is 1. The Morgan fingerprint density at radius 2 is 2.00 bits per heavy atom. The first-order chi connectivity index (χ1) is 7.78. The maximum atomic E-state index is 11.5. The molecule has 1 saturated heterocycles. The van der Waals surface area contributed by atoms with Crippen molar-refractivity contribution in [3.63, 3.8) is 0 Å². The SMILES string of the molecule is CC(C)CC1(C(=O)O)CCN(C(=O)O)C(C)C1. The fourth-order valence-electron chi connectivity index (χ4n) is 2.87. The molecular weight excluding hydrogens is 222 g/mol. The van der Waals surface area contributed by atoms with Crippen molar-refractivity contribution in [3.05, 3.63) is 0 Å². The predicted molar refractivity (Wildman–Crippen MR) is 63.0 cm³/mol. The summed E-state index contributed by atoms with van der Waals surface area (Å²) in [5.74, 6) is -0.488. The number of likely N-dealkylation sites (tertiary alicyclic amines) is 1. The lowest BCUT2D eigenvalue weighted by Crippen LogP contribution is -2.51. The number of aliphatic carboxylic acids is 1. The van der Waals surface area contributed by atoms with Crippen molar-refractivity contribution in [3.8, 4) is 0 Å². The third kappa shape index (κ3) is 2.90. The molecule has 1 aliphatic heterocycles. The quantitative estimate of drug-likeness (QED) is 0.797. The fraction of sp³-hybridized carbons (Fsp3) is 0.833. The van der Waals surface area contributed by atoms with Crippen LogP contribution >= 0.6 is 0 Å². The Hall–Kier alpha value is -1.26. The van der Waals surface area contributed by atoms with E-state index in [4.69, 9.17) is 5.11 Å². The Labute approximate surface area is 101 Å². The van der Waals surface area contributed by atoms with Crippen molar-refractivity contribution < 1.29 is 19.8 Å². The van der Waals surface area contributed by atoms with Gasteiger partial charge in [0.25, 0.3) is 0 Å². The van der Waals surface area contributed by atoms with E-state index in [0.29, 0.717) is 31.7 Å². The number of carboxylic acid groups (broad SMARTS) is 2. The van der Waals surface area contributed by atoms with Crippen LogP contribution in [0, 0.1) is 11.3 Å². The van der Waals surface area contributed by atoms with E-state index in [1.54, 1.807) is 6.92 Å². The van der Waals surface area contributed by atoms with Crippen LogP contribution in [0.5, 0.6) is 0 Å². The van der Waals surface area contributed by atoms with Gasteiger partial charge < -0.3 is 15.1 Å². The van der Waals surface area contributed by atoms with Crippen LogP contribution in [0.15, 0.2) is 0 Å². The van der Waals surface area contributed by atoms with Crippen molar-refractivity contribution in [2.75, 3.05) is 6.54 Å². The molecule has 2 unspecified atom stereocenters.